The van der Waals surface area contributed by atoms with E-state index in [1.807, 2.05) is 0 Å². The van der Waals surface area contributed by atoms with E-state index in [1.54, 1.807) is 12.1 Å². The van der Waals surface area contributed by atoms with Gasteiger partial charge in [0.2, 0.25) is 0 Å². The Kier molecular flexibility index (Phi) is 4.70. The van der Waals surface area contributed by atoms with Crippen LogP contribution in [0, 0.1) is 15.5 Å². The fourth-order valence-electron chi connectivity index (χ4n) is 1.91. The van der Waals surface area contributed by atoms with Crippen molar-refractivity contribution in [2.75, 3.05) is 12.9 Å². The number of nitro groups is 1. The molecule has 0 unspecified atom stereocenters. The summed E-state index contributed by atoms with van der Waals surface area (Å²) in [6, 6.07) is 4.90. The Balaban J connectivity index is 2.06. The monoisotopic (exact) mass is 359 g/mol. The molecular weight excluding hydrogens is 346 g/mol. The number of ether oxygens (including phenoxy) is 1. The summed E-state index contributed by atoms with van der Waals surface area (Å²) in [5.74, 6) is 0.478. The van der Waals surface area contributed by atoms with Crippen molar-refractivity contribution >= 4 is 39.3 Å². The Morgan fingerprint density at radius 1 is 1.55 bits per heavy atom. The maximum absolute atomic E-state index is 11.4. The number of halogens is 1. The van der Waals surface area contributed by atoms with Crippen molar-refractivity contribution in [3.8, 4) is 0 Å². The van der Waals surface area contributed by atoms with E-state index in [1.165, 1.54) is 24.9 Å². The molecule has 0 saturated heterocycles. The maximum Gasteiger partial charge on any atom is 0.306 e. The summed E-state index contributed by atoms with van der Waals surface area (Å²) in [4.78, 5) is 22.6. The Bertz CT molecular complexity index is 545. The van der Waals surface area contributed by atoms with Gasteiger partial charge in [0.05, 0.1) is 23.3 Å². The quantitative estimate of drug-likeness (QED) is 0.334. The van der Waals surface area contributed by atoms with Crippen LogP contribution >= 0.6 is 27.7 Å². The van der Waals surface area contributed by atoms with Crippen LogP contribution in [0.1, 0.15) is 19.3 Å². The van der Waals surface area contributed by atoms with Gasteiger partial charge in [-0.15, -0.1) is 11.8 Å². The molecule has 0 N–H and O–H groups in total. The summed E-state index contributed by atoms with van der Waals surface area (Å²) in [6.45, 7) is 0. The largest absolute Gasteiger partial charge is 0.469 e. The molecular formula is C13H14BrNO4S. The molecule has 108 valence electrons. The number of hydrogen-bond acceptors (Lipinski definition) is 5. The molecule has 0 atom stereocenters. The highest BCUT2D eigenvalue weighted by Gasteiger charge is 2.44. The van der Waals surface area contributed by atoms with Gasteiger partial charge in [-0.3, -0.25) is 14.9 Å². The summed E-state index contributed by atoms with van der Waals surface area (Å²) in [5, 5.41) is 11.0. The van der Waals surface area contributed by atoms with Gasteiger partial charge < -0.3 is 4.74 Å². The number of carbonyl (C=O) groups is 1. The van der Waals surface area contributed by atoms with Crippen LogP contribution < -0.4 is 0 Å². The third-order valence-corrected chi connectivity index (χ3v) is 5.24. The molecule has 0 radical (unpaired) electrons. The first-order valence-corrected chi connectivity index (χ1v) is 7.87. The van der Waals surface area contributed by atoms with Crippen LogP contribution in [0.4, 0.5) is 5.69 Å². The zero-order valence-electron chi connectivity index (χ0n) is 10.9. The fraction of sp³-hybridized carbons (Fsp3) is 0.462. The first-order chi connectivity index (χ1) is 9.46. The summed E-state index contributed by atoms with van der Waals surface area (Å²) < 4.78 is 5.50. The molecule has 1 aliphatic carbocycles. The van der Waals surface area contributed by atoms with Crippen LogP contribution in [0.15, 0.2) is 27.6 Å². The van der Waals surface area contributed by atoms with Gasteiger partial charge in [0, 0.05) is 16.3 Å². The van der Waals surface area contributed by atoms with Crippen molar-refractivity contribution in [1.82, 2.24) is 0 Å². The number of carbonyl (C=O) groups excluding carboxylic acids is 1. The third kappa shape index (κ3) is 3.73. The number of benzene rings is 1. The van der Waals surface area contributed by atoms with Gasteiger partial charge in [0.1, 0.15) is 0 Å². The van der Waals surface area contributed by atoms with E-state index in [9.17, 15) is 14.9 Å². The molecule has 0 aliphatic heterocycles. The van der Waals surface area contributed by atoms with Crippen molar-refractivity contribution < 1.29 is 14.5 Å². The van der Waals surface area contributed by atoms with Gasteiger partial charge in [-0.2, -0.15) is 0 Å². The van der Waals surface area contributed by atoms with E-state index in [2.05, 4.69) is 15.9 Å². The first kappa shape index (κ1) is 15.3. The molecule has 1 aromatic carbocycles. The van der Waals surface area contributed by atoms with Gasteiger partial charge in [-0.05, 0) is 30.4 Å². The normalized spacial score (nSPS) is 15.7. The fourth-order valence-corrected chi connectivity index (χ4v) is 3.78. The molecule has 2 rings (SSSR count). The molecule has 0 aromatic heterocycles. The highest BCUT2D eigenvalue weighted by molar-refractivity contribution is 9.10. The second-order valence-electron chi connectivity index (χ2n) is 4.91. The zero-order valence-corrected chi connectivity index (χ0v) is 13.3. The van der Waals surface area contributed by atoms with E-state index in [-0.39, 0.29) is 22.0 Å². The number of esters is 1. The minimum Gasteiger partial charge on any atom is -0.469 e. The highest BCUT2D eigenvalue weighted by Crippen LogP contribution is 2.52. The third-order valence-electron chi connectivity index (χ3n) is 3.36. The average molecular weight is 360 g/mol. The lowest BCUT2D eigenvalue weighted by atomic mass is 10.1. The molecule has 0 amide bonds. The Hall–Kier alpha value is -1.08. The molecule has 20 heavy (non-hydrogen) atoms. The lowest BCUT2D eigenvalue weighted by Gasteiger charge is -2.13. The van der Waals surface area contributed by atoms with Crippen LogP contribution in [0.5, 0.6) is 0 Å². The standard InChI is InChI=1S/C13H14BrNO4S/c1-19-12(16)7-13(4-5-13)8-20-11-6-9(14)2-3-10(11)15(17)18/h2-3,6H,4-5,7-8H2,1H3. The number of methoxy groups -OCH3 is 1. The Morgan fingerprint density at radius 2 is 2.25 bits per heavy atom. The van der Waals surface area contributed by atoms with E-state index >= 15 is 0 Å². The second kappa shape index (κ2) is 6.13. The second-order valence-corrected chi connectivity index (χ2v) is 6.84. The predicted molar refractivity (Wildman–Crippen MR) is 79.8 cm³/mol. The molecule has 0 heterocycles. The molecule has 7 heteroatoms. The zero-order chi connectivity index (χ0) is 14.8. The molecule has 1 fully saturated rings. The minimum atomic E-state index is -0.380. The van der Waals surface area contributed by atoms with Crippen LogP contribution in [-0.4, -0.2) is 23.8 Å². The summed E-state index contributed by atoms with van der Waals surface area (Å²) in [7, 11) is 1.38. The van der Waals surface area contributed by atoms with Crippen LogP contribution in [-0.2, 0) is 9.53 Å². The summed E-state index contributed by atoms with van der Waals surface area (Å²) in [6.07, 6.45) is 2.33. The first-order valence-electron chi connectivity index (χ1n) is 6.09. The van der Waals surface area contributed by atoms with Crippen molar-refractivity contribution in [3.63, 3.8) is 0 Å². The smallest absolute Gasteiger partial charge is 0.306 e. The Morgan fingerprint density at radius 3 is 2.80 bits per heavy atom. The summed E-state index contributed by atoms with van der Waals surface area (Å²) >= 11 is 4.75. The van der Waals surface area contributed by atoms with E-state index in [0.29, 0.717) is 17.1 Å². The summed E-state index contributed by atoms with van der Waals surface area (Å²) in [5.41, 5.74) is 0.0561. The van der Waals surface area contributed by atoms with Crippen LogP contribution in [0.2, 0.25) is 0 Å². The average Bonchev–Trinajstić information content (AvgIpc) is 3.16. The van der Waals surface area contributed by atoms with Gasteiger partial charge in [-0.25, -0.2) is 0 Å². The number of rotatable bonds is 6. The van der Waals surface area contributed by atoms with Crippen LogP contribution in [0.3, 0.4) is 0 Å². The van der Waals surface area contributed by atoms with E-state index in [4.69, 9.17) is 4.74 Å². The highest BCUT2D eigenvalue weighted by atomic mass is 79.9. The Labute approximate surface area is 129 Å². The number of nitro benzene ring substituents is 1. The number of nitrogens with zero attached hydrogens (tertiary/aromatic N) is 1. The van der Waals surface area contributed by atoms with Gasteiger partial charge in [0.25, 0.3) is 5.69 Å². The molecule has 5 nitrogen and oxygen atoms in total. The van der Waals surface area contributed by atoms with Gasteiger partial charge in [-0.1, -0.05) is 15.9 Å². The lowest BCUT2D eigenvalue weighted by molar-refractivity contribution is -0.387. The molecule has 0 spiro atoms. The van der Waals surface area contributed by atoms with E-state index < -0.39 is 0 Å². The SMILES string of the molecule is COC(=O)CC1(CSc2cc(Br)ccc2[N+](=O)[O-])CC1. The van der Waals surface area contributed by atoms with Crippen LogP contribution in [0.25, 0.3) is 0 Å². The van der Waals surface area contributed by atoms with Gasteiger partial charge in [0.15, 0.2) is 0 Å². The predicted octanol–water partition coefficient (Wildman–Crippen LogP) is 3.79. The molecule has 1 aliphatic rings. The molecule has 1 aromatic rings. The van der Waals surface area contributed by atoms with Gasteiger partial charge >= 0.3 is 5.97 Å². The van der Waals surface area contributed by atoms with Crippen molar-refractivity contribution in [2.24, 2.45) is 5.41 Å². The van der Waals surface area contributed by atoms with Crippen molar-refractivity contribution in [3.05, 3.63) is 32.8 Å². The topological polar surface area (TPSA) is 69.4 Å². The molecule has 0 bridgehead atoms. The van der Waals surface area contributed by atoms with Crippen molar-refractivity contribution in [2.45, 2.75) is 24.2 Å². The van der Waals surface area contributed by atoms with E-state index in [0.717, 1.165) is 17.3 Å². The number of hydrogen-bond donors (Lipinski definition) is 0. The number of thioether (sulfide) groups is 1. The van der Waals surface area contributed by atoms with Crippen molar-refractivity contribution in [1.29, 1.82) is 0 Å². The molecule has 1 saturated carbocycles. The minimum absolute atomic E-state index is 0.0477. The lowest BCUT2D eigenvalue weighted by Crippen LogP contribution is -2.13. The maximum atomic E-state index is 11.4.